The molecular formula is C16H24N3O+. The molecule has 0 saturated carbocycles. The van der Waals surface area contributed by atoms with Crippen molar-refractivity contribution in [1.82, 2.24) is 5.32 Å². The van der Waals surface area contributed by atoms with Gasteiger partial charge in [-0.05, 0) is 33.8 Å². The number of hydrogen-bond acceptors (Lipinski definition) is 2. The summed E-state index contributed by atoms with van der Waals surface area (Å²) in [4.78, 5) is 13.1. The zero-order valence-corrected chi connectivity index (χ0v) is 12.8. The molecule has 20 heavy (non-hydrogen) atoms. The van der Waals surface area contributed by atoms with Crippen molar-refractivity contribution in [2.75, 3.05) is 13.1 Å². The van der Waals surface area contributed by atoms with E-state index < -0.39 is 0 Å². The lowest BCUT2D eigenvalue weighted by Crippen LogP contribution is -3.11. The van der Waals surface area contributed by atoms with Crippen molar-refractivity contribution in [3.8, 4) is 6.07 Å². The molecule has 1 amide bonds. The van der Waals surface area contributed by atoms with Gasteiger partial charge < -0.3 is 10.2 Å². The van der Waals surface area contributed by atoms with Crippen molar-refractivity contribution in [3.63, 3.8) is 0 Å². The number of quaternary nitrogens is 1. The first kappa shape index (κ1) is 16.2. The van der Waals surface area contributed by atoms with E-state index in [9.17, 15) is 4.79 Å². The quantitative estimate of drug-likeness (QED) is 0.837. The van der Waals surface area contributed by atoms with E-state index in [4.69, 9.17) is 5.26 Å². The molecule has 0 aliphatic rings. The number of rotatable bonds is 5. The van der Waals surface area contributed by atoms with Crippen LogP contribution in [0.4, 0.5) is 0 Å². The van der Waals surface area contributed by atoms with Gasteiger partial charge in [0, 0.05) is 11.1 Å². The van der Waals surface area contributed by atoms with E-state index in [-0.39, 0.29) is 11.4 Å². The molecular weight excluding hydrogens is 250 g/mol. The van der Waals surface area contributed by atoms with Gasteiger partial charge in [-0.15, -0.1) is 0 Å². The summed E-state index contributed by atoms with van der Waals surface area (Å²) in [6.07, 6.45) is 0. The Morgan fingerprint density at radius 2 is 2.00 bits per heavy atom. The van der Waals surface area contributed by atoms with Crippen LogP contribution in [0.5, 0.6) is 0 Å². The second kappa shape index (κ2) is 7.06. The summed E-state index contributed by atoms with van der Waals surface area (Å²) in [5.41, 5.74) is 1.48. The molecule has 0 aliphatic carbocycles. The zero-order chi connectivity index (χ0) is 15.2. The number of carbonyl (C=O) groups is 1. The van der Waals surface area contributed by atoms with Crippen LogP contribution in [0, 0.1) is 11.3 Å². The van der Waals surface area contributed by atoms with Crippen LogP contribution in [0.1, 0.15) is 38.8 Å². The monoisotopic (exact) mass is 274 g/mol. The fourth-order valence-corrected chi connectivity index (χ4v) is 2.05. The predicted octanol–water partition coefficient (Wildman–Crippen LogP) is 0.878. The summed E-state index contributed by atoms with van der Waals surface area (Å²) in [6.45, 7) is 9.93. The predicted molar refractivity (Wildman–Crippen MR) is 79.1 cm³/mol. The number of benzene rings is 1. The molecule has 0 bridgehead atoms. The lowest BCUT2D eigenvalue weighted by atomic mass is 10.1. The van der Waals surface area contributed by atoms with Crippen LogP contribution in [-0.2, 0) is 11.3 Å². The molecule has 1 atom stereocenters. The van der Waals surface area contributed by atoms with E-state index in [2.05, 4.69) is 18.3 Å². The average molecular weight is 274 g/mol. The standard InChI is InChI=1S/C16H23N3O/c1-5-19(12-15(20)18-16(2,3)4)11-14-9-7-6-8-13(14)10-17/h6-9H,5,11-12H2,1-4H3,(H,18,20)/p+1. The molecule has 1 unspecified atom stereocenters. The zero-order valence-electron chi connectivity index (χ0n) is 12.8. The number of carbonyl (C=O) groups excluding carboxylic acids is 1. The summed E-state index contributed by atoms with van der Waals surface area (Å²) in [7, 11) is 0. The Kier molecular flexibility index (Phi) is 5.72. The minimum absolute atomic E-state index is 0.0452. The van der Waals surface area contributed by atoms with Gasteiger partial charge in [0.25, 0.3) is 5.91 Å². The van der Waals surface area contributed by atoms with Gasteiger partial charge in [-0.1, -0.05) is 18.2 Å². The molecule has 0 aliphatic heterocycles. The second-order valence-electron chi connectivity index (χ2n) is 6.02. The third-order valence-corrected chi connectivity index (χ3v) is 3.00. The first-order chi connectivity index (χ1) is 9.35. The molecule has 4 heteroatoms. The van der Waals surface area contributed by atoms with Crippen LogP contribution in [0.2, 0.25) is 0 Å². The van der Waals surface area contributed by atoms with E-state index in [0.29, 0.717) is 18.7 Å². The summed E-state index contributed by atoms with van der Waals surface area (Å²) in [5.74, 6) is 0.0452. The minimum atomic E-state index is -0.208. The highest BCUT2D eigenvalue weighted by atomic mass is 16.2. The molecule has 0 heterocycles. The first-order valence-electron chi connectivity index (χ1n) is 6.98. The summed E-state index contributed by atoms with van der Waals surface area (Å²) < 4.78 is 0. The number of nitrogens with one attached hydrogen (secondary N) is 2. The third-order valence-electron chi connectivity index (χ3n) is 3.00. The molecule has 108 valence electrons. The highest BCUT2D eigenvalue weighted by molar-refractivity contribution is 5.77. The minimum Gasteiger partial charge on any atom is -0.347 e. The van der Waals surface area contributed by atoms with Gasteiger partial charge in [-0.3, -0.25) is 4.79 Å². The summed E-state index contributed by atoms with van der Waals surface area (Å²) >= 11 is 0. The molecule has 1 rings (SSSR count). The largest absolute Gasteiger partial charge is 0.347 e. The second-order valence-corrected chi connectivity index (χ2v) is 6.02. The van der Waals surface area contributed by atoms with Gasteiger partial charge in [-0.2, -0.15) is 5.26 Å². The van der Waals surface area contributed by atoms with Crippen LogP contribution in [0.25, 0.3) is 0 Å². The fourth-order valence-electron chi connectivity index (χ4n) is 2.05. The third kappa shape index (κ3) is 5.41. The summed E-state index contributed by atoms with van der Waals surface area (Å²) in [6, 6.07) is 9.76. The van der Waals surface area contributed by atoms with Crippen LogP contribution < -0.4 is 10.2 Å². The maximum Gasteiger partial charge on any atom is 0.275 e. The Bertz CT molecular complexity index is 497. The maximum atomic E-state index is 12.0. The number of likely N-dealkylation sites (N-methyl/N-ethyl adjacent to an activating group) is 1. The Labute approximate surface area is 121 Å². The van der Waals surface area contributed by atoms with Crippen molar-refractivity contribution in [2.45, 2.75) is 39.8 Å². The molecule has 4 nitrogen and oxygen atoms in total. The van der Waals surface area contributed by atoms with E-state index in [1.165, 1.54) is 0 Å². The van der Waals surface area contributed by atoms with Crippen LogP contribution >= 0.6 is 0 Å². The van der Waals surface area contributed by atoms with Gasteiger partial charge in [0.2, 0.25) is 0 Å². The van der Waals surface area contributed by atoms with Gasteiger partial charge in [-0.25, -0.2) is 0 Å². The summed E-state index contributed by atoms with van der Waals surface area (Å²) in [5, 5.41) is 12.1. The van der Waals surface area contributed by atoms with Gasteiger partial charge in [0.1, 0.15) is 6.54 Å². The first-order valence-corrected chi connectivity index (χ1v) is 6.98. The number of hydrogen-bond donors (Lipinski definition) is 2. The molecule has 0 aromatic heterocycles. The maximum absolute atomic E-state index is 12.0. The normalized spacial score (nSPS) is 12.6. The highest BCUT2D eigenvalue weighted by Gasteiger charge is 2.19. The Balaban J connectivity index is 2.69. The van der Waals surface area contributed by atoms with Crippen molar-refractivity contribution >= 4 is 5.91 Å². The van der Waals surface area contributed by atoms with Gasteiger partial charge in [0.05, 0.1) is 18.2 Å². The van der Waals surface area contributed by atoms with Crippen molar-refractivity contribution in [3.05, 3.63) is 35.4 Å². The van der Waals surface area contributed by atoms with Crippen LogP contribution in [0.3, 0.4) is 0 Å². The topological polar surface area (TPSA) is 57.3 Å². The molecule has 1 aromatic rings. The van der Waals surface area contributed by atoms with Crippen LogP contribution in [0.15, 0.2) is 24.3 Å². The number of nitriles is 1. The van der Waals surface area contributed by atoms with E-state index in [1.807, 2.05) is 45.0 Å². The van der Waals surface area contributed by atoms with E-state index >= 15 is 0 Å². The number of amides is 1. The molecule has 0 radical (unpaired) electrons. The fraction of sp³-hybridized carbons (Fsp3) is 0.500. The lowest BCUT2D eigenvalue weighted by molar-refractivity contribution is -0.904. The average Bonchev–Trinajstić information content (AvgIpc) is 2.36. The smallest absolute Gasteiger partial charge is 0.275 e. The molecule has 0 spiro atoms. The van der Waals surface area contributed by atoms with Crippen molar-refractivity contribution in [2.24, 2.45) is 0 Å². The SMILES string of the molecule is CC[NH+](CC(=O)NC(C)(C)C)Cc1ccccc1C#N. The van der Waals surface area contributed by atoms with Crippen molar-refractivity contribution in [1.29, 1.82) is 5.26 Å². The van der Waals surface area contributed by atoms with Gasteiger partial charge in [0.15, 0.2) is 6.54 Å². The molecule has 0 fully saturated rings. The van der Waals surface area contributed by atoms with E-state index in [0.717, 1.165) is 17.0 Å². The van der Waals surface area contributed by atoms with Gasteiger partial charge >= 0.3 is 0 Å². The van der Waals surface area contributed by atoms with Crippen LogP contribution in [-0.4, -0.2) is 24.5 Å². The molecule has 2 N–H and O–H groups in total. The van der Waals surface area contributed by atoms with E-state index in [1.54, 1.807) is 0 Å². The molecule has 1 aromatic carbocycles. The lowest BCUT2D eigenvalue weighted by Gasteiger charge is -2.23. The Morgan fingerprint density at radius 3 is 2.55 bits per heavy atom. The molecule has 0 saturated heterocycles. The Morgan fingerprint density at radius 1 is 1.35 bits per heavy atom. The highest BCUT2D eigenvalue weighted by Crippen LogP contribution is 2.05. The van der Waals surface area contributed by atoms with Crippen molar-refractivity contribution < 1.29 is 9.69 Å². The Hall–Kier alpha value is -1.86. The number of nitrogens with zero attached hydrogens (tertiary/aromatic N) is 1.